The fourth-order valence-electron chi connectivity index (χ4n) is 2.72. The minimum Gasteiger partial charge on any atom is -0.493 e. The summed E-state index contributed by atoms with van der Waals surface area (Å²) in [5.74, 6) is 2.29. The molecule has 3 rings (SSSR count). The van der Waals surface area contributed by atoms with Gasteiger partial charge in [-0.1, -0.05) is 30.7 Å². The lowest BCUT2D eigenvalue weighted by Crippen LogP contribution is -1.97. The maximum atomic E-state index is 11.1. The summed E-state index contributed by atoms with van der Waals surface area (Å²) in [6.45, 7) is 4.30. The molecular weight excluding hydrogens is 338 g/mol. The van der Waals surface area contributed by atoms with Gasteiger partial charge in [0.15, 0.2) is 0 Å². The normalized spacial score (nSPS) is 14.2. The van der Waals surface area contributed by atoms with Crippen molar-refractivity contribution in [2.45, 2.75) is 26.7 Å². The molecule has 0 saturated carbocycles. The van der Waals surface area contributed by atoms with Crippen LogP contribution in [0.5, 0.6) is 17.4 Å². The summed E-state index contributed by atoms with van der Waals surface area (Å²) in [6, 6.07) is 7.41. The minimum absolute atomic E-state index is 0.190. The molecule has 0 bridgehead atoms. The zero-order chi connectivity index (χ0) is 17.8. The van der Waals surface area contributed by atoms with E-state index in [2.05, 4.69) is 4.98 Å². The number of carbonyl (C=O) groups is 1. The third-order valence-corrected chi connectivity index (χ3v) is 4.24. The van der Waals surface area contributed by atoms with Crippen LogP contribution in [0.25, 0.3) is 6.08 Å². The van der Waals surface area contributed by atoms with Crippen molar-refractivity contribution in [1.29, 1.82) is 0 Å². The van der Waals surface area contributed by atoms with Crippen LogP contribution in [0.15, 0.2) is 36.5 Å². The van der Waals surface area contributed by atoms with Gasteiger partial charge >= 0.3 is 0 Å². The summed E-state index contributed by atoms with van der Waals surface area (Å²) in [5, 5.41) is 0.504. The van der Waals surface area contributed by atoms with Crippen LogP contribution in [0.4, 0.5) is 0 Å². The summed E-state index contributed by atoms with van der Waals surface area (Å²) >= 11 is 6.24. The van der Waals surface area contributed by atoms with Crippen LogP contribution in [0.1, 0.15) is 31.4 Å². The number of benzene rings is 1. The average Bonchev–Trinajstić information content (AvgIpc) is 3.01. The van der Waals surface area contributed by atoms with Crippen LogP contribution < -0.4 is 9.47 Å². The van der Waals surface area contributed by atoms with E-state index >= 15 is 0 Å². The first kappa shape index (κ1) is 17.5. The fourth-order valence-corrected chi connectivity index (χ4v) is 2.91. The molecule has 1 aromatic carbocycles. The molecule has 4 nitrogen and oxygen atoms in total. The number of hydrogen-bond donors (Lipinski definition) is 0. The molecule has 1 aliphatic rings. The van der Waals surface area contributed by atoms with Gasteiger partial charge in [-0.2, -0.15) is 0 Å². The number of hydrogen-bond acceptors (Lipinski definition) is 4. The van der Waals surface area contributed by atoms with Gasteiger partial charge in [-0.15, -0.1) is 0 Å². The molecule has 1 aliphatic heterocycles. The van der Waals surface area contributed by atoms with E-state index in [4.69, 9.17) is 21.1 Å². The highest BCUT2D eigenvalue weighted by Crippen LogP contribution is 2.37. The number of fused-ring (bicyclic) bond motifs is 1. The molecule has 0 spiro atoms. The van der Waals surface area contributed by atoms with Crippen LogP contribution in [-0.4, -0.2) is 17.4 Å². The molecule has 5 heteroatoms. The molecule has 0 N–H and O–H groups in total. The van der Waals surface area contributed by atoms with Gasteiger partial charge in [0.1, 0.15) is 17.3 Å². The lowest BCUT2D eigenvalue weighted by molar-refractivity contribution is -0.117. The standard InChI is InChI=1S/C20H20ClNO3/c1-13(9-14(2)23)3-4-15-5-6-20(22-12-15)25-19-10-16-7-8-24-18(16)11-17(19)21/h3-6,10-13H,7-9H2,1-2H3. The SMILES string of the molecule is CC(=O)CC(C)C=Cc1ccc(Oc2cc3c(cc2Cl)OCC3)nc1. The highest BCUT2D eigenvalue weighted by molar-refractivity contribution is 6.32. The van der Waals surface area contributed by atoms with Gasteiger partial charge in [0.05, 0.1) is 11.6 Å². The average molecular weight is 358 g/mol. The number of carbonyl (C=O) groups excluding carboxylic acids is 1. The van der Waals surface area contributed by atoms with E-state index in [1.165, 1.54) is 0 Å². The topological polar surface area (TPSA) is 48.4 Å². The second kappa shape index (κ2) is 7.70. The van der Waals surface area contributed by atoms with E-state index < -0.39 is 0 Å². The number of halogens is 1. The third kappa shape index (κ3) is 4.60. The minimum atomic E-state index is 0.190. The Balaban J connectivity index is 1.67. The molecular formula is C20H20ClNO3. The summed E-state index contributed by atoms with van der Waals surface area (Å²) < 4.78 is 11.3. The molecule has 0 aliphatic carbocycles. The molecule has 0 radical (unpaired) electrons. The van der Waals surface area contributed by atoms with Crippen molar-refractivity contribution in [3.63, 3.8) is 0 Å². The van der Waals surface area contributed by atoms with Gasteiger partial charge < -0.3 is 14.3 Å². The Labute approximate surface area is 152 Å². The first-order chi connectivity index (χ1) is 12.0. The van der Waals surface area contributed by atoms with Crippen molar-refractivity contribution < 1.29 is 14.3 Å². The summed E-state index contributed by atoms with van der Waals surface area (Å²) in [4.78, 5) is 15.4. The fraction of sp³-hybridized carbons (Fsp3) is 0.300. The molecule has 1 aromatic heterocycles. The monoisotopic (exact) mass is 357 g/mol. The first-order valence-corrected chi connectivity index (χ1v) is 8.66. The zero-order valence-electron chi connectivity index (χ0n) is 14.3. The van der Waals surface area contributed by atoms with Crippen LogP contribution in [0, 0.1) is 5.92 Å². The van der Waals surface area contributed by atoms with E-state index in [1.54, 1.807) is 25.3 Å². The van der Waals surface area contributed by atoms with E-state index in [0.717, 1.165) is 23.3 Å². The second-order valence-corrected chi connectivity index (χ2v) is 6.67. The summed E-state index contributed by atoms with van der Waals surface area (Å²) in [5.41, 5.74) is 2.05. The van der Waals surface area contributed by atoms with Crippen molar-refractivity contribution in [2.24, 2.45) is 5.92 Å². The molecule has 25 heavy (non-hydrogen) atoms. The predicted octanol–water partition coefficient (Wildman–Crippen LogP) is 5.09. The zero-order valence-corrected chi connectivity index (χ0v) is 15.0. The Hall–Kier alpha value is -2.33. The molecule has 0 fully saturated rings. The van der Waals surface area contributed by atoms with Gasteiger partial charge in [0, 0.05) is 36.7 Å². The Bertz CT molecular complexity index is 799. The van der Waals surface area contributed by atoms with E-state index in [-0.39, 0.29) is 11.7 Å². The van der Waals surface area contributed by atoms with Crippen LogP contribution in [0.3, 0.4) is 0 Å². The van der Waals surface area contributed by atoms with E-state index in [0.29, 0.717) is 29.7 Å². The Morgan fingerprint density at radius 3 is 3.00 bits per heavy atom. The molecule has 2 heterocycles. The van der Waals surface area contributed by atoms with Crippen LogP contribution >= 0.6 is 11.6 Å². The van der Waals surface area contributed by atoms with Gasteiger partial charge in [-0.25, -0.2) is 4.98 Å². The molecule has 1 atom stereocenters. The molecule has 0 saturated heterocycles. The summed E-state index contributed by atoms with van der Waals surface area (Å²) in [6.07, 6.45) is 7.11. The van der Waals surface area contributed by atoms with Crippen molar-refractivity contribution in [3.05, 3.63) is 52.7 Å². The van der Waals surface area contributed by atoms with E-state index in [9.17, 15) is 4.79 Å². The largest absolute Gasteiger partial charge is 0.493 e. The maximum Gasteiger partial charge on any atom is 0.219 e. The maximum absolute atomic E-state index is 11.1. The van der Waals surface area contributed by atoms with E-state index in [1.807, 2.05) is 31.2 Å². The number of aromatic nitrogens is 1. The first-order valence-electron chi connectivity index (χ1n) is 8.28. The number of Topliss-reactive ketones (excluding diaryl/α,β-unsaturated/α-hetero) is 1. The highest BCUT2D eigenvalue weighted by Gasteiger charge is 2.16. The van der Waals surface area contributed by atoms with Gasteiger partial charge in [-0.05, 0) is 30.5 Å². The number of rotatable bonds is 6. The number of pyridine rings is 1. The Morgan fingerprint density at radius 1 is 1.44 bits per heavy atom. The number of ketones is 1. The lowest BCUT2D eigenvalue weighted by Gasteiger charge is -2.09. The van der Waals surface area contributed by atoms with Crippen molar-refractivity contribution >= 4 is 23.5 Å². The van der Waals surface area contributed by atoms with Crippen molar-refractivity contribution in [1.82, 2.24) is 4.98 Å². The number of nitrogens with zero attached hydrogens (tertiary/aromatic N) is 1. The smallest absolute Gasteiger partial charge is 0.219 e. The highest BCUT2D eigenvalue weighted by atomic mass is 35.5. The molecule has 1 unspecified atom stereocenters. The molecule has 2 aromatic rings. The number of ether oxygens (including phenoxy) is 2. The van der Waals surface area contributed by atoms with Crippen molar-refractivity contribution in [3.8, 4) is 17.4 Å². The number of allylic oxidation sites excluding steroid dienone is 1. The van der Waals surface area contributed by atoms with Gasteiger partial charge in [0.25, 0.3) is 0 Å². The molecule has 130 valence electrons. The van der Waals surface area contributed by atoms with Crippen LogP contribution in [0.2, 0.25) is 5.02 Å². The molecule has 0 amide bonds. The Kier molecular flexibility index (Phi) is 5.39. The van der Waals surface area contributed by atoms with Crippen molar-refractivity contribution in [2.75, 3.05) is 6.61 Å². The second-order valence-electron chi connectivity index (χ2n) is 6.26. The summed E-state index contributed by atoms with van der Waals surface area (Å²) in [7, 11) is 0. The van der Waals surface area contributed by atoms with Gasteiger partial charge in [-0.3, -0.25) is 0 Å². The third-order valence-electron chi connectivity index (χ3n) is 3.94. The van der Waals surface area contributed by atoms with Crippen LogP contribution in [-0.2, 0) is 11.2 Å². The predicted molar refractivity (Wildman–Crippen MR) is 98.5 cm³/mol. The van der Waals surface area contributed by atoms with Gasteiger partial charge in [0.2, 0.25) is 5.88 Å². The quantitative estimate of drug-likeness (QED) is 0.722. The lowest BCUT2D eigenvalue weighted by atomic mass is 10.0. The Morgan fingerprint density at radius 2 is 2.28 bits per heavy atom.